The van der Waals surface area contributed by atoms with Gasteiger partial charge in [0.25, 0.3) is 5.91 Å². The zero-order valence-electron chi connectivity index (χ0n) is 11.0. The molecule has 0 bridgehead atoms. The third-order valence-electron chi connectivity index (χ3n) is 2.55. The normalized spacial score (nSPS) is 11.0. The molecule has 0 aliphatic rings. The van der Waals surface area contributed by atoms with Crippen molar-refractivity contribution in [3.63, 3.8) is 0 Å². The highest BCUT2D eigenvalue weighted by Gasteiger charge is 2.29. The minimum Gasteiger partial charge on any atom is -0.457 e. The van der Waals surface area contributed by atoms with E-state index in [4.69, 9.17) is 4.42 Å². The van der Waals surface area contributed by atoms with E-state index in [-0.39, 0.29) is 11.4 Å². The summed E-state index contributed by atoms with van der Waals surface area (Å²) in [5.74, 6) is -1.55. The molecular weight excluding hydrogens is 303 g/mol. The summed E-state index contributed by atoms with van der Waals surface area (Å²) in [7, 11) is 0. The van der Waals surface area contributed by atoms with Gasteiger partial charge in [-0.05, 0) is 36.4 Å². The first-order valence-electron chi connectivity index (χ1n) is 6.04. The Balaban J connectivity index is 1.86. The number of carbonyl (C=O) groups is 2. The molecule has 0 aliphatic carbocycles. The van der Waals surface area contributed by atoms with Crippen molar-refractivity contribution >= 4 is 17.6 Å². The summed E-state index contributed by atoms with van der Waals surface area (Å²) in [6, 6.07) is 6.74. The number of rotatable bonds is 4. The molecule has 2 rings (SSSR count). The number of hydrogen-bond donors (Lipinski definition) is 1. The van der Waals surface area contributed by atoms with Gasteiger partial charge < -0.3 is 14.5 Å². The molecule has 2 aromatic rings. The molecule has 0 atom stereocenters. The third-order valence-corrected chi connectivity index (χ3v) is 2.55. The van der Waals surface area contributed by atoms with Gasteiger partial charge in [-0.15, -0.1) is 0 Å². The average Bonchev–Trinajstić information content (AvgIpc) is 2.98. The van der Waals surface area contributed by atoms with E-state index in [9.17, 15) is 22.8 Å². The minimum atomic E-state index is -4.44. The van der Waals surface area contributed by atoms with Crippen LogP contribution in [0.2, 0.25) is 0 Å². The van der Waals surface area contributed by atoms with E-state index in [2.05, 4.69) is 10.1 Å². The van der Waals surface area contributed by atoms with E-state index < -0.39 is 30.2 Å². The van der Waals surface area contributed by atoms with Crippen LogP contribution in [0.3, 0.4) is 0 Å². The van der Waals surface area contributed by atoms with Gasteiger partial charge >= 0.3 is 12.1 Å². The molecule has 1 N–H and O–H groups in total. The SMILES string of the molecule is O=C(COC(=O)c1ccco1)Nc1ccc(C(F)(F)F)cc1. The van der Waals surface area contributed by atoms with Gasteiger partial charge in [0.2, 0.25) is 5.76 Å². The maximum atomic E-state index is 12.4. The van der Waals surface area contributed by atoms with Crippen molar-refractivity contribution in [2.45, 2.75) is 6.18 Å². The molecule has 116 valence electrons. The van der Waals surface area contributed by atoms with Crippen molar-refractivity contribution in [3.8, 4) is 0 Å². The van der Waals surface area contributed by atoms with Crippen LogP contribution in [0.5, 0.6) is 0 Å². The highest BCUT2D eigenvalue weighted by atomic mass is 19.4. The van der Waals surface area contributed by atoms with Gasteiger partial charge in [0, 0.05) is 5.69 Å². The van der Waals surface area contributed by atoms with Gasteiger partial charge in [-0.3, -0.25) is 4.79 Å². The van der Waals surface area contributed by atoms with Gasteiger partial charge in [-0.25, -0.2) is 4.79 Å². The van der Waals surface area contributed by atoms with Gasteiger partial charge in [0.15, 0.2) is 6.61 Å². The van der Waals surface area contributed by atoms with Crippen LogP contribution in [0, 0.1) is 0 Å². The summed E-state index contributed by atoms with van der Waals surface area (Å²) in [6.07, 6.45) is -3.17. The Bertz CT molecular complexity index is 648. The average molecular weight is 313 g/mol. The van der Waals surface area contributed by atoms with Gasteiger partial charge in [0.1, 0.15) is 0 Å². The molecule has 0 saturated heterocycles. The summed E-state index contributed by atoms with van der Waals surface area (Å²) < 4.78 is 46.6. The number of ether oxygens (including phenoxy) is 1. The molecule has 5 nitrogen and oxygen atoms in total. The Labute approximate surface area is 122 Å². The fourth-order valence-corrected chi connectivity index (χ4v) is 1.54. The van der Waals surface area contributed by atoms with E-state index in [0.717, 1.165) is 24.3 Å². The zero-order valence-corrected chi connectivity index (χ0v) is 11.0. The highest BCUT2D eigenvalue weighted by Crippen LogP contribution is 2.29. The summed E-state index contributed by atoms with van der Waals surface area (Å²) in [6.45, 7) is -0.583. The predicted molar refractivity (Wildman–Crippen MR) is 69.1 cm³/mol. The van der Waals surface area contributed by atoms with Crippen LogP contribution in [-0.4, -0.2) is 18.5 Å². The Morgan fingerprint density at radius 2 is 1.82 bits per heavy atom. The second-order valence-electron chi connectivity index (χ2n) is 4.18. The molecule has 0 aliphatic heterocycles. The number of nitrogens with one attached hydrogen (secondary N) is 1. The summed E-state index contributed by atoms with van der Waals surface area (Å²) in [4.78, 5) is 22.9. The van der Waals surface area contributed by atoms with Crippen molar-refractivity contribution in [1.29, 1.82) is 0 Å². The molecule has 1 aromatic carbocycles. The van der Waals surface area contributed by atoms with Gasteiger partial charge in [-0.1, -0.05) is 0 Å². The lowest BCUT2D eigenvalue weighted by molar-refractivity contribution is -0.137. The third kappa shape index (κ3) is 4.11. The number of hydrogen-bond acceptors (Lipinski definition) is 4. The summed E-state index contributed by atoms with van der Waals surface area (Å²) in [5, 5.41) is 2.31. The molecule has 1 heterocycles. The first-order chi connectivity index (χ1) is 10.4. The van der Waals surface area contributed by atoms with Crippen molar-refractivity contribution in [2.24, 2.45) is 0 Å². The molecule has 1 amide bonds. The number of benzene rings is 1. The van der Waals surface area contributed by atoms with E-state index in [0.29, 0.717) is 0 Å². The van der Waals surface area contributed by atoms with E-state index in [1.54, 1.807) is 0 Å². The highest BCUT2D eigenvalue weighted by molar-refractivity contribution is 5.94. The van der Waals surface area contributed by atoms with Crippen LogP contribution in [0.25, 0.3) is 0 Å². The van der Waals surface area contributed by atoms with Crippen LogP contribution in [0.4, 0.5) is 18.9 Å². The Morgan fingerprint density at radius 1 is 1.14 bits per heavy atom. The first kappa shape index (κ1) is 15.6. The van der Waals surface area contributed by atoms with Crippen molar-refractivity contribution < 1.29 is 31.9 Å². The lowest BCUT2D eigenvalue weighted by Gasteiger charge is -2.08. The minimum absolute atomic E-state index is 0.0534. The Morgan fingerprint density at radius 3 is 2.36 bits per heavy atom. The molecular formula is C14H10F3NO4. The second kappa shape index (κ2) is 6.33. The van der Waals surface area contributed by atoms with Crippen LogP contribution < -0.4 is 5.32 Å². The lowest BCUT2D eigenvalue weighted by atomic mass is 10.2. The zero-order chi connectivity index (χ0) is 16.2. The second-order valence-corrected chi connectivity index (χ2v) is 4.18. The van der Waals surface area contributed by atoms with Crippen molar-refractivity contribution in [3.05, 3.63) is 54.0 Å². The smallest absolute Gasteiger partial charge is 0.416 e. The molecule has 0 spiro atoms. The molecule has 0 unspecified atom stereocenters. The van der Waals surface area contributed by atoms with E-state index >= 15 is 0 Å². The lowest BCUT2D eigenvalue weighted by Crippen LogP contribution is -2.20. The van der Waals surface area contributed by atoms with E-state index in [1.165, 1.54) is 18.4 Å². The van der Waals surface area contributed by atoms with Crippen molar-refractivity contribution in [2.75, 3.05) is 11.9 Å². The fraction of sp³-hybridized carbons (Fsp3) is 0.143. The van der Waals surface area contributed by atoms with Crippen LogP contribution >= 0.6 is 0 Å². The number of amides is 1. The number of esters is 1. The largest absolute Gasteiger partial charge is 0.457 e. The summed E-state index contributed by atoms with van der Waals surface area (Å²) >= 11 is 0. The van der Waals surface area contributed by atoms with Crippen LogP contribution in [-0.2, 0) is 15.7 Å². The fourth-order valence-electron chi connectivity index (χ4n) is 1.54. The number of anilines is 1. The Hall–Kier alpha value is -2.77. The van der Waals surface area contributed by atoms with Crippen LogP contribution in [0.15, 0.2) is 47.1 Å². The Kier molecular flexibility index (Phi) is 4.50. The van der Waals surface area contributed by atoms with Gasteiger partial charge in [-0.2, -0.15) is 13.2 Å². The number of furan rings is 1. The standard InChI is InChI=1S/C14H10F3NO4/c15-14(16,17)9-3-5-10(6-4-9)18-12(19)8-22-13(20)11-2-1-7-21-11/h1-7H,8H2,(H,18,19). The monoisotopic (exact) mass is 313 g/mol. The van der Waals surface area contributed by atoms with E-state index in [1.807, 2.05) is 0 Å². The molecule has 1 aromatic heterocycles. The molecule has 0 fully saturated rings. The molecule has 0 radical (unpaired) electrons. The number of alkyl halides is 3. The maximum Gasteiger partial charge on any atom is 0.416 e. The number of carbonyl (C=O) groups excluding carboxylic acids is 2. The molecule has 22 heavy (non-hydrogen) atoms. The summed E-state index contributed by atoms with van der Waals surface area (Å²) in [5.41, 5.74) is -0.665. The van der Waals surface area contributed by atoms with Gasteiger partial charge in [0.05, 0.1) is 11.8 Å². The quantitative estimate of drug-likeness (QED) is 0.881. The first-order valence-corrected chi connectivity index (χ1v) is 6.04. The van der Waals surface area contributed by atoms with Crippen LogP contribution in [0.1, 0.15) is 16.1 Å². The van der Waals surface area contributed by atoms with Crippen molar-refractivity contribution in [1.82, 2.24) is 0 Å². The topological polar surface area (TPSA) is 68.5 Å². The predicted octanol–water partition coefficient (Wildman–Crippen LogP) is 3.09. The maximum absolute atomic E-state index is 12.4. The number of halogens is 3. The molecule has 0 saturated carbocycles. The molecule has 8 heteroatoms.